The zero-order valence-corrected chi connectivity index (χ0v) is 12.4. The van der Waals surface area contributed by atoms with E-state index in [1.54, 1.807) is 4.90 Å². The first-order valence-electron chi connectivity index (χ1n) is 7.95. The van der Waals surface area contributed by atoms with Gasteiger partial charge in [-0.2, -0.15) is 13.2 Å². The highest BCUT2D eigenvalue weighted by Crippen LogP contribution is 2.39. The van der Waals surface area contributed by atoms with E-state index in [1.807, 2.05) is 0 Å². The van der Waals surface area contributed by atoms with Gasteiger partial charge in [-0.05, 0) is 25.7 Å². The van der Waals surface area contributed by atoms with Crippen LogP contribution < -0.4 is 5.73 Å². The van der Waals surface area contributed by atoms with Gasteiger partial charge in [0, 0.05) is 19.6 Å². The number of carbonyl (C=O) groups excluding carboxylic acids is 1. The van der Waals surface area contributed by atoms with Gasteiger partial charge in [0.1, 0.15) is 0 Å². The molecular weight excluding hydrogens is 281 g/mol. The third kappa shape index (κ3) is 3.71. The Balaban J connectivity index is 1.99. The van der Waals surface area contributed by atoms with Gasteiger partial charge in [0.25, 0.3) is 0 Å². The maximum Gasteiger partial charge on any atom is 0.391 e. The number of hydrogen-bond donors (Lipinski definition) is 1. The van der Waals surface area contributed by atoms with Crippen molar-refractivity contribution in [2.75, 3.05) is 19.6 Å². The van der Waals surface area contributed by atoms with Crippen molar-refractivity contribution in [3.8, 4) is 0 Å². The molecule has 0 aromatic rings. The van der Waals surface area contributed by atoms with Crippen LogP contribution in [0.5, 0.6) is 0 Å². The van der Waals surface area contributed by atoms with E-state index in [0.29, 0.717) is 6.54 Å². The number of nitrogens with two attached hydrogens (primary N) is 1. The number of halogens is 3. The lowest BCUT2D eigenvalue weighted by Crippen LogP contribution is -2.51. The van der Waals surface area contributed by atoms with E-state index in [2.05, 4.69) is 0 Å². The van der Waals surface area contributed by atoms with Crippen LogP contribution in [-0.2, 0) is 4.79 Å². The van der Waals surface area contributed by atoms with Crippen molar-refractivity contribution in [1.29, 1.82) is 0 Å². The van der Waals surface area contributed by atoms with E-state index in [-0.39, 0.29) is 31.8 Å². The molecule has 21 heavy (non-hydrogen) atoms. The van der Waals surface area contributed by atoms with Crippen molar-refractivity contribution in [2.45, 2.75) is 57.5 Å². The first kappa shape index (κ1) is 16.6. The zero-order chi connectivity index (χ0) is 15.5. The minimum absolute atomic E-state index is 0.00692. The lowest BCUT2D eigenvalue weighted by Gasteiger charge is -2.39. The Morgan fingerprint density at radius 1 is 1.10 bits per heavy atom. The fourth-order valence-electron chi connectivity index (χ4n) is 3.66. The number of nitrogens with zero attached hydrogens (tertiary/aromatic N) is 1. The van der Waals surface area contributed by atoms with Gasteiger partial charge >= 0.3 is 6.18 Å². The lowest BCUT2D eigenvalue weighted by atomic mass is 9.78. The minimum Gasteiger partial charge on any atom is -0.342 e. The van der Waals surface area contributed by atoms with E-state index in [4.69, 9.17) is 5.73 Å². The molecule has 0 unspecified atom stereocenters. The molecule has 1 amide bonds. The van der Waals surface area contributed by atoms with Crippen molar-refractivity contribution < 1.29 is 18.0 Å². The van der Waals surface area contributed by atoms with Gasteiger partial charge in [0.05, 0.1) is 11.3 Å². The normalized spacial score (nSPS) is 24.7. The number of rotatable bonds is 2. The van der Waals surface area contributed by atoms with Crippen molar-refractivity contribution >= 4 is 5.91 Å². The van der Waals surface area contributed by atoms with Gasteiger partial charge < -0.3 is 10.6 Å². The van der Waals surface area contributed by atoms with E-state index in [0.717, 1.165) is 38.5 Å². The van der Waals surface area contributed by atoms with E-state index in [9.17, 15) is 18.0 Å². The van der Waals surface area contributed by atoms with Gasteiger partial charge in [-0.3, -0.25) is 4.79 Å². The van der Waals surface area contributed by atoms with Crippen LogP contribution in [0.3, 0.4) is 0 Å². The van der Waals surface area contributed by atoms with Crippen LogP contribution in [0.2, 0.25) is 0 Å². The van der Waals surface area contributed by atoms with Crippen molar-refractivity contribution in [3.05, 3.63) is 0 Å². The summed E-state index contributed by atoms with van der Waals surface area (Å²) in [6, 6.07) is 0. The number of piperidine rings is 1. The molecule has 3 nitrogen and oxygen atoms in total. The second-order valence-corrected chi connectivity index (χ2v) is 6.51. The predicted octanol–water partition coefficient (Wildman–Crippen LogP) is 3.09. The first-order valence-corrected chi connectivity index (χ1v) is 7.95. The number of alkyl halides is 3. The smallest absolute Gasteiger partial charge is 0.342 e. The summed E-state index contributed by atoms with van der Waals surface area (Å²) in [6.45, 7) is 0.737. The molecule has 2 N–H and O–H groups in total. The third-order valence-electron chi connectivity index (χ3n) is 5.15. The second kappa shape index (κ2) is 6.55. The minimum atomic E-state index is -4.14. The SMILES string of the molecule is NCC1(C(=O)N2CCC(C(F)(F)F)CC2)CCCCCC1. The van der Waals surface area contributed by atoms with Crippen molar-refractivity contribution in [3.63, 3.8) is 0 Å². The number of carbonyl (C=O) groups is 1. The van der Waals surface area contributed by atoms with Crippen LogP contribution in [0, 0.1) is 11.3 Å². The molecule has 0 spiro atoms. The number of likely N-dealkylation sites (tertiary alicyclic amines) is 1. The van der Waals surface area contributed by atoms with E-state index >= 15 is 0 Å². The molecule has 6 heteroatoms. The van der Waals surface area contributed by atoms with Gasteiger partial charge in [0.15, 0.2) is 0 Å². The number of amides is 1. The molecule has 1 saturated heterocycles. The van der Waals surface area contributed by atoms with Gasteiger partial charge in [0.2, 0.25) is 5.91 Å². The maximum absolute atomic E-state index is 12.8. The molecule has 1 aliphatic carbocycles. The molecule has 1 saturated carbocycles. The molecule has 2 aliphatic rings. The molecule has 2 fully saturated rings. The van der Waals surface area contributed by atoms with Crippen molar-refractivity contribution in [1.82, 2.24) is 4.90 Å². The van der Waals surface area contributed by atoms with Crippen molar-refractivity contribution in [2.24, 2.45) is 17.1 Å². The highest BCUT2D eigenvalue weighted by molar-refractivity contribution is 5.83. The Bertz CT molecular complexity index is 354. The zero-order valence-electron chi connectivity index (χ0n) is 12.4. The van der Waals surface area contributed by atoms with Gasteiger partial charge in [-0.15, -0.1) is 0 Å². The molecule has 1 aliphatic heterocycles. The Morgan fingerprint density at radius 3 is 2.05 bits per heavy atom. The summed E-state index contributed by atoms with van der Waals surface area (Å²) in [4.78, 5) is 14.4. The molecule has 1 heterocycles. The molecule has 0 radical (unpaired) electrons. The fraction of sp³-hybridized carbons (Fsp3) is 0.933. The van der Waals surface area contributed by atoms with Crippen LogP contribution in [0.15, 0.2) is 0 Å². The Morgan fingerprint density at radius 2 is 1.62 bits per heavy atom. The van der Waals surface area contributed by atoms with E-state index < -0.39 is 17.5 Å². The molecular formula is C15H25F3N2O. The summed E-state index contributed by atoms with van der Waals surface area (Å²) in [5.41, 5.74) is 5.36. The van der Waals surface area contributed by atoms with E-state index in [1.165, 1.54) is 0 Å². The largest absolute Gasteiger partial charge is 0.391 e. The Labute approximate surface area is 124 Å². The summed E-state index contributed by atoms with van der Waals surface area (Å²) in [5.74, 6) is -1.27. The summed E-state index contributed by atoms with van der Waals surface area (Å²) in [7, 11) is 0. The molecule has 122 valence electrons. The Hall–Kier alpha value is -0.780. The Kier molecular flexibility index (Phi) is 5.17. The summed E-state index contributed by atoms with van der Waals surface area (Å²) in [5, 5.41) is 0. The maximum atomic E-state index is 12.8. The average molecular weight is 306 g/mol. The summed E-state index contributed by atoms with van der Waals surface area (Å²) < 4.78 is 38.1. The highest BCUT2D eigenvalue weighted by Gasteiger charge is 2.45. The highest BCUT2D eigenvalue weighted by atomic mass is 19.4. The summed E-state index contributed by atoms with van der Waals surface area (Å²) in [6.07, 6.45) is 1.68. The molecule has 0 aromatic carbocycles. The van der Waals surface area contributed by atoms with Gasteiger partial charge in [-0.1, -0.05) is 25.7 Å². The summed E-state index contributed by atoms with van der Waals surface area (Å²) >= 11 is 0. The predicted molar refractivity (Wildman–Crippen MR) is 74.5 cm³/mol. The van der Waals surface area contributed by atoms with Crippen LogP contribution in [-0.4, -0.2) is 36.6 Å². The molecule has 2 rings (SSSR count). The first-order chi connectivity index (χ1) is 9.89. The third-order valence-corrected chi connectivity index (χ3v) is 5.15. The standard InChI is InChI=1S/C15H25F3N2O/c16-15(17,18)12-5-9-20(10-6-12)13(21)14(11-19)7-3-1-2-4-8-14/h12H,1-11,19H2. The van der Waals surface area contributed by atoms with Crippen LogP contribution in [0.4, 0.5) is 13.2 Å². The molecule has 0 aromatic heterocycles. The van der Waals surface area contributed by atoms with Crippen LogP contribution >= 0.6 is 0 Å². The second-order valence-electron chi connectivity index (χ2n) is 6.51. The van der Waals surface area contributed by atoms with Gasteiger partial charge in [-0.25, -0.2) is 0 Å². The quantitative estimate of drug-likeness (QED) is 0.797. The topological polar surface area (TPSA) is 46.3 Å². The average Bonchev–Trinajstić information content (AvgIpc) is 2.72. The lowest BCUT2D eigenvalue weighted by molar-refractivity contribution is -0.187. The molecule has 0 atom stereocenters. The van der Waals surface area contributed by atoms with Crippen LogP contribution in [0.25, 0.3) is 0 Å². The fourth-order valence-corrected chi connectivity index (χ4v) is 3.66. The molecule has 0 bridgehead atoms. The monoisotopic (exact) mass is 306 g/mol. The number of hydrogen-bond acceptors (Lipinski definition) is 2. The van der Waals surface area contributed by atoms with Crippen LogP contribution in [0.1, 0.15) is 51.4 Å².